The smallest absolute Gasteiger partial charge is 0.306 e. The second-order valence-corrected chi connectivity index (χ2v) is 6.36. The summed E-state index contributed by atoms with van der Waals surface area (Å²) in [5.41, 5.74) is 2.91. The number of hydrogen-bond donors (Lipinski definition) is 1. The summed E-state index contributed by atoms with van der Waals surface area (Å²) < 4.78 is 0. The van der Waals surface area contributed by atoms with E-state index in [0.29, 0.717) is 12.3 Å². The standard InChI is InChI=1S/C17H26N2O2/c1-11(17(20)21)10-15-12(2)18-16(19-13(15)3)14-8-6-4-5-7-9-14/h11,14H,4-10H2,1-3H3,(H,20,21). The summed E-state index contributed by atoms with van der Waals surface area (Å²) in [7, 11) is 0. The number of nitrogens with zero attached hydrogens (tertiary/aromatic N) is 2. The fourth-order valence-electron chi connectivity index (χ4n) is 3.17. The van der Waals surface area contributed by atoms with Crippen molar-refractivity contribution in [2.75, 3.05) is 0 Å². The minimum Gasteiger partial charge on any atom is -0.481 e. The van der Waals surface area contributed by atoms with E-state index < -0.39 is 11.9 Å². The second-order valence-electron chi connectivity index (χ2n) is 6.36. The van der Waals surface area contributed by atoms with Gasteiger partial charge in [0, 0.05) is 17.3 Å². The van der Waals surface area contributed by atoms with Gasteiger partial charge in [-0.1, -0.05) is 32.6 Å². The van der Waals surface area contributed by atoms with Crippen LogP contribution in [0.15, 0.2) is 0 Å². The van der Waals surface area contributed by atoms with E-state index in [0.717, 1.165) is 22.8 Å². The Bertz CT molecular complexity index is 483. The average Bonchev–Trinajstić information content (AvgIpc) is 2.71. The van der Waals surface area contributed by atoms with Crippen LogP contribution in [0.4, 0.5) is 0 Å². The third kappa shape index (κ3) is 4.02. The summed E-state index contributed by atoms with van der Waals surface area (Å²) in [6.07, 6.45) is 8.06. The van der Waals surface area contributed by atoms with Crippen LogP contribution in [0.5, 0.6) is 0 Å². The summed E-state index contributed by atoms with van der Waals surface area (Å²) in [4.78, 5) is 20.5. The molecule has 4 heteroatoms. The third-order valence-electron chi connectivity index (χ3n) is 4.59. The molecule has 21 heavy (non-hydrogen) atoms. The van der Waals surface area contributed by atoms with Gasteiger partial charge in [-0.25, -0.2) is 9.97 Å². The van der Waals surface area contributed by atoms with Gasteiger partial charge in [0.25, 0.3) is 0 Å². The van der Waals surface area contributed by atoms with Crippen LogP contribution in [0, 0.1) is 19.8 Å². The van der Waals surface area contributed by atoms with Crippen LogP contribution < -0.4 is 0 Å². The summed E-state index contributed by atoms with van der Waals surface area (Å²) in [5.74, 6) is 0.297. The molecule has 1 atom stereocenters. The summed E-state index contributed by atoms with van der Waals surface area (Å²) >= 11 is 0. The Hall–Kier alpha value is -1.45. The van der Waals surface area contributed by atoms with Crippen molar-refractivity contribution >= 4 is 5.97 Å². The zero-order valence-electron chi connectivity index (χ0n) is 13.4. The van der Waals surface area contributed by atoms with Gasteiger partial charge in [-0.3, -0.25) is 4.79 Å². The van der Waals surface area contributed by atoms with Crippen molar-refractivity contribution in [3.63, 3.8) is 0 Å². The Balaban J connectivity index is 2.21. The van der Waals surface area contributed by atoms with E-state index in [-0.39, 0.29) is 0 Å². The predicted octanol–water partition coefficient (Wildman–Crippen LogP) is 3.79. The van der Waals surface area contributed by atoms with Crippen molar-refractivity contribution in [3.05, 3.63) is 22.8 Å². The highest BCUT2D eigenvalue weighted by atomic mass is 16.4. The number of aromatic nitrogens is 2. The van der Waals surface area contributed by atoms with E-state index in [1.54, 1.807) is 6.92 Å². The lowest BCUT2D eigenvalue weighted by molar-refractivity contribution is -0.141. The lowest BCUT2D eigenvalue weighted by Gasteiger charge is -2.17. The molecule has 0 spiro atoms. The molecule has 4 nitrogen and oxygen atoms in total. The maximum Gasteiger partial charge on any atom is 0.306 e. The first-order valence-corrected chi connectivity index (χ1v) is 8.06. The molecule has 1 heterocycles. The molecule has 0 saturated heterocycles. The SMILES string of the molecule is Cc1nc(C2CCCCCC2)nc(C)c1CC(C)C(=O)O. The Labute approximate surface area is 127 Å². The quantitative estimate of drug-likeness (QED) is 0.857. The molecule has 2 rings (SSSR count). The molecule has 1 aromatic heterocycles. The van der Waals surface area contributed by atoms with E-state index in [4.69, 9.17) is 15.1 Å². The van der Waals surface area contributed by atoms with E-state index in [2.05, 4.69) is 0 Å². The topological polar surface area (TPSA) is 63.1 Å². The molecule has 0 aromatic carbocycles. The minimum absolute atomic E-state index is 0.394. The van der Waals surface area contributed by atoms with Gasteiger partial charge in [0.1, 0.15) is 5.82 Å². The number of carbonyl (C=O) groups is 1. The molecule has 1 aliphatic carbocycles. The van der Waals surface area contributed by atoms with Gasteiger partial charge in [0.15, 0.2) is 0 Å². The van der Waals surface area contributed by atoms with Crippen LogP contribution in [0.1, 0.15) is 74.1 Å². The number of hydrogen-bond acceptors (Lipinski definition) is 3. The Morgan fingerprint density at radius 1 is 1.14 bits per heavy atom. The van der Waals surface area contributed by atoms with Crippen LogP contribution in [-0.2, 0) is 11.2 Å². The predicted molar refractivity (Wildman–Crippen MR) is 82.5 cm³/mol. The van der Waals surface area contributed by atoms with Crippen LogP contribution in [0.25, 0.3) is 0 Å². The number of aliphatic carboxylic acids is 1. The summed E-state index contributed by atoms with van der Waals surface area (Å²) in [6.45, 7) is 5.71. The van der Waals surface area contributed by atoms with Crippen molar-refractivity contribution in [1.29, 1.82) is 0 Å². The summed E-state index contributed by atoms with van der Waals surface area (Å²) in [6, 6.07) is 0. The fraction of sp³-hybridized carbons (Fsp3) is 0.706. The maximum atomic E-state index is 11.0. The molecular formula is C17H26N2O2. The highest BCUT2D eigenvalue weighted by molar-refractivity contribution is 5.70. The first-order valence-electron chi connectivity index (χ1n) is 8.06. The molecule has 0 aliphatic heterocycles. The Morgan fingerprint density at radius 3 is 2.14 bits per heavy atom. The van der Waals surface area contributed by atoms with Gasteiger partial charge in [-0.15, -0.1) is 0 Å². The molecule has 1 aromatic rings. The van der Waals surface area contributed by atoms with Crippen molar-refractivity contribution in [2.45, 2.75) is 71.6 Å². The van der Waals surface area contributed by atoms with Crippen molar-refractivity contribution in [2.24, 2.45) is 5.92 Å². The average molecular weight is 290 g/mol. The molecular weight excluding hydrogens is 264 g/mol. The largest absolute Gasteiger partial charge is 0.481 e. The minimum atomic E-state index is -0.762. The van der Waals surface area contributed by atoms with Gasteiger partial charge >= 0.3 is 5.97 Å². The molecule has 1 N–H and O–H groups in total. The fourth-order valence-corrected chi connectivity index (χ4v) is 3.17. The monoisotopic (exact) mass is 290 g/mol. The van der Waals surface area contributed by atoms with Crippen molar-refractivity contribution in [3.8, 4) is 0 Å². The molecule has 1 unspecified atom stereocenters. The van der Waals surface area contributed by atoms with Crippen LogP contribution >= 0.6 is 0 Å². The lowest BCUT2D eigenvalue weighted by atomic mass is 9.96. The zero-order valence-corrected chi connectivity index (χ0v) is 13.4. The van der Waals surface area contributed by atoms with E-state index in [1.165, 1.54) is 38.5 Å². The van der Waals surface area contributed by atoms with Gasteiger partial charge in [0.2, 0.25) is 0 Å². The van der Waals surface area contributed by atoms with Gasteiger partial charge in [-0.2, -0.15) is 0 Å². The number of carboxylic acid groups (broad SMARTS) is 1. The van der Waals surface area contributed by atoms with Crippen LogP contribution in [0.3, 0.4) is 0 Å². The second kappa shape index (κ2) is 7.01. The zero-order chi connectivity index (χ0) is 15.4. The van der Waals surface area contributed by atoms with Crippen molar-refractivity contribution in [1.82, 2.24) is 9.97 Å². The van der Waals surface area contributed by atoms with E-state index in [1.807, 2.05) is 13.8 Å². The molecule has 0 bridgehead atoms. The molecule has 1 saturated carbocycles. The van der Waals surface area contributed by atoms with Crippen LogP contribution in [-0.4, -0.2) is 21.0 Å². The summed E-state index contributed by atoms with van der Waals surface area (Å²) in [5, 5.41) is 9.07. The first-order chi connectivity index (χ1) is 9.99. The molecule has 1 fully saturated rings. The van der Waals surface area contributed by atoms with Gasteiger partial charge < -0.3 is 5.11 Å². The van der Waals surface area contributed by atoms with E-state index >= 15 is 0 Å². The highest BCUT2D eigenvalue weighted by Gasteiger charge is 2.21. The molecule has 116 valence electrons. The van der Waals surface area contributed by atoms with Gasteiger partial charge in [0.05, 0.1) is 5.92 Å². The Morgan fingerprint density at radius 2 is 1.67 bits per heavy atom. The van der Waals surface area contributed by atoms with Crippen molar-refractivity contribution < 1.29 is 9.90 Å². The normalized spacial score (nSPS) is 18.2. The highest BCUT2D eigenvalue weighted by Crippen LogP contribution is 2.30. The third-order valence-corrected chi connectivity index (χ3v) is 4.59. The molecule has 1 aliphatic rings. The number of aryl methyl sites for hydroxylation is 2. The van der Waals surface area contributed by atoms with Gasteiger partial charge in [-0.05, 0) is 38.7 Å². The lowest BCUT2D eigenvalue weighted by Crippen LogP contribution is -2.16. The Kier molecular flexibility index (Phi) is 5.32. The van der Waals surface area contributed by atoms with E-state index in [9.17, 15) is 4.79 Å². The van der Waals surface area contributed by atoms with Crippen LogP contribution in [0.2, 0.25) is 0 Å². The molecule has 0 amide bonds. The number of rotatable bonds is 4. The number of carboxylic acids is 1. The maximum absolute atomic E-state index is 11.0. The first kappa shape index (κ1) is 15.9. The molecule has 0 radical (unpaired) electrons.